The maximum atomic E-state index is 13.5. The highest BCUT2D eigenvalue weighted by molar-refractivity contribution is 9.10. The van der Waals surface area contributed by atoms with Crippen molar-refractivity contribution in [1.29, 1.82) is 0 Å². The first-order valence-electron chi connectivity index (χ1n) is 8.81. The van der Waals surface area contributed by atoms with Crippen LogP contribution in [0.15, 0.2) is 80.5 Å². The second-order valence-corrected chi connectivity index (χ2v) is 7.55. The number of amides is 1. The van der Waals surface area contributed by atoms with Crippen LogP contribution in [0.5, 0.6) is 0 Å². The maximum Gasteiger partial charge on any atom is 0.296 e. The van der Waals surface area contributed by atoms with Crippen LogP contribution >= 0.6 is 15.9 Å². The van der Waals surface area contributed by atoms with Crippen LogP contribution in [0.2, 0.25) is 0 Å². The highest BCUT2D eigenvalue weighted by Crippen LogP contribution is 2.40. The lowest BCUT2D eigenvalue weighted by Gasteiger charge is -2.24. The van der Waals surface area contributed by atoms with Crippen LogP contribution in [0.25, 0.3) is 11.0 Å². The number of benzene rings is 2. The molecule has 1 aliphatic rings. The Morgan fingerprint density at radius 3 is 2.55 bits per heavy atom. The van der Waals surface area contributed by atoms with Gasteiger partial charge in [0.1, 0.15) is 17.2 Å². The summed E-state index contributed by atoms with van der Waals surface area (Å²) < 4.78 is 20.1. The fourth-order valence-corrected chi connectivity index (χ4v) is 4.00. The van der Waals surface area contributed by atoms with Gasteiger partial charge in [-0.1, -0.05) is 34.1 Å². The molecule has 0 spiro atoms. The van der Waals surface area contributed by atoms with E-state index in [2.05, 4.69) is 20.9 Å². The number of hydrogen-bond acceptors (Lipinski definition) is 4. The largest absolute Gasteiger partial charge is 0.450 e. The zero-order valence-electron chi connectivity index (χ0n) is 14.8. The number of pyridine rings is 1. The van der Waals surface area contributed by atoms with Crippen molar-refractivity contribution >= 4 is 38.6 Å². The number of fused-ring (bicyclic) bond motifs is 2. The minimum absolute atomic E-state index is 0.0233. The van der Waals surface area contributed by atoms with Crippen LogP contribution in [0.3, 0.4) is 0 Å². The monoisotopic (exact) mass is 450 g/mol. The zero-order valence-corrected chi connectivity index (χ0v) is 16.4. The smallest absolute Gasteiger partial charge is 0.296 e. The third-order valence-electron chi connectivity index (χ3n) is 4.91. The molecule has 5 rings (SSSR count). The first-order valence-corrected chi connectivity index (χ1v) is 9.60. The molecular weight excluding hydrogens is 439 g/mol. The van der Waals surface area contributed by atoms with Crippen molar-refractivity contribution in [2.45, 2.75) is 6.04 Å². The molecule has 142 valence electrons. The summed E-state index contributed by atoms with van der Waals surface area (Å²) in [6.45, 7) is 0. The molecule has 0 aliphatic carbocycles. The Balaban J connectivity index is 1.83. The summed E-state index contributed by atoms with van der Waals surface area (Å²) >= 11 is 3.37. The number of nitrogens with zero attached hydrogens (tertiary/aromatic N) is 2. The Bertz CT molecular complexity index is 1320. The van der Waals surface area contributed by atoms with Crippen LogP contribution in [0.4, 0.5) is 10.2 Å². The van der Waals surface area contributed by atoms with Gasteiger partial charge in [-0.15, -0.1) is 0 Å². The summed E-state index contributed by atoms with van der Waals surface area (Å²) in [5.41, 5.74) is 0.832. The van der Waals surface area contributed by atoms with E-state index in [0.29, 0.717) is 22.4 Å². The number of carbonyl (C=O) groups is 1. The van der Waals surface area contributed by atoms with E-state index < -0.39 is 17.8 Å². The number of carbonyl (C=O) groups excluding carboxylic acids is 1. The number of hydrogen-bond donors (Lipinski definition) is 0. The molecule has 0 saturated heterocycles. The van der Waals surface area contributed by atoms with Crippen LogP contribution in [0, 0.1) is 5.82 Å². The van der Waals surface area contributed by atoms with Crippen molar-refractivity contribution in [2.24, 2.45) is 0 Å². The van der Waals surface area contributed by atoms with E-state index in [1.165, 1.54) is 17.0 Å². The molecule has 4 aromatic rings. The fourth-order valence-electron chi connectivity index (χ4n) is 3.64. The van der Waals surface area contributed by atoms with Crippen molar-refractivity contribution in [3.05, 3.63) is 104 Å². The van der Waals surface area contributed by atoms with Gasteiger partial charge >= 0.3 is 0 Å². The van der Waals surface area contributed by atoms with Gasteiger partial charge in [0.2, 0.25) is 5.76 Å². The lowest BCUT2D eigenvalue weighted by atomic mass is 9.98. The van der Waals surface area contributed by atoms with Crippen LogP contribution in [-0.2, 0) is 0 Å². The van der Waals surface area contributed by atoms with Crippen molar-refractivity contribution < 1.29 is 13.6 Å². The van der Waals surface area contributed by atoms with Gasteiger partial charge < -0.3 is 4.42 Å². The second-order valence-electron chi connectivity index (χ2n) is 6.63. The van der Waals surface area contributed by atoms with Crippen LogP contribution in [0.1, 0.15) is 27.7 Å². The molecule has 0 saturated carbocycles. The minimum atomic E-state index is -0.771. The highest BCUT2D eigenvalue weighted by atomic mass is 79.9. The average molecular weight is 451 g/mol. The third-order valence-corrected chi connectivity index (χ3v) is 5.41. The molecule has 1 aliphatic heterocycles. The lowest BCUT2D eigenvalue weighted by Crippen LogP contribution is -2.30. The summed E-state index contributed by atoms with van der Waals surface area (Å²) in [7, 11) is 0. The Labute approximate surface area is 172 Å². The molecule has 5 nitrogen and oxygen atoms in total. The minimum Gasteiger partial charge on any atom is -0.450 e. The van der Waals surface area contributed by atoms with Crippen LogP contribution < -0.4 is 10.3 Å². The molecule has 1 atom stereocenters. The predicted octanol–water partition coefficient (Wildman–Crippen LogP) is 4.84. The topological polar surface area (TPSA) is 63.4 Å². The standard InChI is InChI=1S/C22H12BrFN2O3/c23-13-6-9-16-15(11-13)20(27)18-19(12-4-7-14(24)8-5-12)26(22(28)21(18)29-16)17-3-1-2-10-25-17/h1-11,19H. The molecular formula is C22H12BrFN2O3. The molecule has 29 heavy (non-hydrogen) atoms. The molecule has 1 unspecified atom stereocenters. The van der Waals surface area contributed by atoms with E-state index in [0.717, 1.165) is 4.47 Å². The van der Waals surface area contributed by atoms with Crippen molar-refractivity contribution in [3.8, 4) is 0 Å². The molecule has 0 fully saturated rings. The molecule has 0 radical (unpaired) electrons. The quantitative estimate of drug-likeness (QED) is 0.438. The first-order chi connectivity index (χ1) is 14.0. The van der Waals surface area contributed by atoms with E-state index in [1.54, 1.807) is 54.7 Å². The molecule has 7 heteroatoms. The molecule has 2 aromatic heterocycles. The predicted molar refractivity (Wildman–Crippen MR) is 109 cm³/mol. The Hall–Kier alpha value is -3.32. The van der Waals surface area contributed by atoms with E-state index in [1.807, 2.05) is 0 Å². The van der Waals surface area contributed by atoms with Gasteiger partial charge in [0.15, 0.2) is 5.43 Å². The van der Waals surface area contributed by atoms with Crippen molar-refractivity contribution in [3.63, 3.8) is 0 Å². The lowest BCUT2D eigenvalue weighted by molar-refractivity contribution is 0.0970. The van der Waals surface area contributed by atoms with Crippen LogP contribution in [-0.4, -0.2) is 10.9 Å². The van der Waals surface area contributed by atoms with Gasteiger partial charge in [-0.2, -0.15) is 0 Å². The molecule has 3 heterocycles. The third kappa shape index (κ3) is 2.77. The Morgan fingerprint density at radius 1 is 1.03 bits per heavy atom. The Morgan fingerprint density at radius 2 is 1.83 bits per heavy atom. The molecule has 1 amide bonds. The van der Waals surface area contributed by atoms with E-state index in [4.69, 9.17) is 4.42 Å². The van der Waals surface area contributed by atoms with Gasteiger partial charge in [-0.25, -0.2) is 9.37 Å². The Kier molecular flexibility index (Phi) is 4.06. The maximum absolute atomic E-state index is 13.5. The number of rotatable bonds is 2. The SMILES string of the molecule is O=C1c2oc3ccc(Br)cc3c(=O)c2C(c2ccc(F)cc2)N1c1ccccn1. The molecule has 2 aromatic carbocycles. The molecule has 0 N–H and O–H groups in total. The molecule has 0 bridgehead atoms. The summed E-state index contributed by atoms with van der Waals surface area (Å²) in [4.78, 5) is 32.4. The highest BCUT2D eigenvalue weighted by Gasteiger charge is 2.44. The van der Waals surface area contributed by atoms with E-state index in [9.17, 15) is 14.0 Å². The summed E-state index contributed by atoms with van der Waals surface area (Å²) in [5, 5.41) is 0.362. The second kappa shape index (κ2) is 6.63. The van der Waals surface area contributed by atoms with Gasteiger partial charge in [0.25, 0.3) is 5.91 Å². The summed E-state index contributed by atoms with van der Waals surface area (Å²) in [5.74, 6) is -0.514. The summed E-state index contributed by atoms with van der Waals surface area (Å²) in [6, 6.07) is 15.2. The summed E-state index contributed by atoms with van der Waals surface area (Å²) in [6.07, 6.45) is 1.57. The van der Waals surface area contributed by atoms with Gasteiger partial charge in [0.05, 0.1) is 17.0 Å². The van der Waals surface area contributed by atoms with Crippen molar-refractivity contribution in [2.75, 3.05) is 4.90 Å². The zero-order chi connectivity index (χ0) is 20.1. The number of halogens is 2. The number of aromatic nitrogens is 1. The van der Waals surface area contributed by atoms with E-state index in [-0.39, 0.29) is 16.8 Å². The van der Waals surface area contributed by atoms with Crippen molar-refractivity contribution in [1.82, 2.24) is 4.98 Å². The van der Waals surface area contributed by atoms with E-state index >= 15 is 0 Å². The number of anilines is 1. The normalized spacial score (nSPS) is 15.7. The van der Waals surface area contributed by atoms with Gasteiger partial charge in [-0.05, 0) is 48.0 Å². The van der Waals surface area contributed by atoms with Gasteiger partial charge in [0, 0.05) is 10.7 Å². The van der Waals surface area contributed by atoms with Gasteiger partial charge in [-0.3, -0.25) is 14.5 Å². The fraction of sp³-hybridized carbons (Fsp3) is 0.0455. The first kappa shape index (κ1) is 17.8. The average Bonchev–Trinajstić information content (AvgIpc) is 3.03.